The lowest BCUT2D eigenvalue weighted by molar-refractivity contribution is -0.115. The number of carbonyl (C=O) groups is 1. The van der Waals surface area contributed by atoms with Crippen molar-refractivity contribution < 1.29 is 4.79 Å². The first-order valence-corrected chi connectivity index (χ1v) is 8.62. The van der Waals surface area contributed by atoms with Crippen LogP contribution in [-0.2, 0) is 10.2 Å². The highest BCUT2D eigenvalue weighted by atomic mass is 16.1. The fourth-order valence-electron chi connectivity index (χ4n) is 4.38. The van der Waals surface area contributed by atoms with Crippen LogP contribution in [-0.4, -0.2) is 27.8 Å². The van der Waals surface area contributed by atoms with Gasteiger partial charge in [-0.25, -0.2) is 0 Å². The second-order valence-corrected chi connectivity index (χ2v) is 7.06. The smallest absolute Gasteiger partial charge is 0.157 e. The summed E-state index contributed by atoms with van der Waals surface area (Å²) in [4.78, 5) is 18.3. The Morgan fingerprint density at radius 2 is 1.92 bits per heavy atom. The molecule has 1 aliphatic carbocycles. The molecular formula is C20H18N4O. The number of nitriles is 2. The second-order valence-electron chi connectivity index (χ2n) is 7.06. The van der Waals surface area contributed by atoms with Gasteiger partial charge in [-0.05, 0) is 37.3 Å². The normalized spacial score (nSPS) is 30.6. The number of pyridine rings is 1. The van der Waals surface area contributed by atoms with Crippen LogP contribution in [0.5, 0.6) is 0 Å². The van der Waals surface area contributed by atoms with Crippen molar-refractivity contribution in [3.8, 4) is 12.1 Å². The summed E-state index contributed by atoms with van der Waals surface area (Å²) in [7, 11) is 0. The van der Waals surface area contributed by atoms with Crippen molar-refractivity contribution >= 4 is 5.78 Å². The van der Waals surface area contributed by atoms with E-state index in [0.29, 0.717) is 24.8 Å². The van der Waals surface area contributed by atoms with Crippen molar-refractivity contribution in [2.24, 2.45) is 0 Å². The van der Waals surface area contributed by atoms with E-state index in [1.807, 2.05) is 0 Å². The van der Waals surface area contributed by atoms with Gasteiger partial charge in [0.25, 0.3) is 0 Å². The quantitative estimate of drug-likeness (QED) is 0.779. The highest BCUT2D eigenvalue weighted by Gasteiger charge is 2.48. The van der Waals surface area contributed by atoms with Crippen LogP contribution in [0.15, 0.2) is 42.4 Å². The molecule has 3 atom stereocenters. The summed E-state index contributed by atoms with van der Waals surface area (Å²) in [5, 5.41) is 19.1. The van der Waals surface area contributed by atoms with Gasteiger partial charge in [-0.1, -0.05) is 12.2 Å². The number of piperidine rings is 1. The first kappa shape index (κ1) is 15.6. The van der Waals surface area contributed by atoms with Crippen LogP contribution in [0.4, 0.5) is 0 Å². The van der Waals surface area contributed by atoms with E-state index in [9.17, 15) is 10.1 Å². The molecule has 5 heteroatoms. The van der Waals surface area contributed by atoms with Crippen molar-refractivity contribution in [1.82, 2.24) is 9.88 Å². The van der Waals surface area contributed by atoms with Gasteiger partial charge in [0.05, 0.1) is 17.0 Å². The van der Waals surface area contributed by atoms with Gasteiger partial charge in [0, 0.05) is 42.7 Å². The van der Waals surface area contributed by atoms with E-state index in [0.717, 1.165) is 24.1 Å². The van der Waals surface area contributed by atoms with Crippen LogP contribution in [0.2, 0.25) is 0 Å². The minimum Gasteiger partial charge on any atom is -0.362 e. The summed E-state index contributed by atoms with van der Waals surface area (Å²) in [6, 6.07) is 6.63. The van der Waals surface area contributed by atoms with Crippen LogP contribution >= 0.6 is 0 Å². The Kier molecular flexibility index (Phi) is 3.66. The van der Waals surface area contributed by atoms with Gasteiger partial charge >= 0.3 is 0 Å². The molecule has 124 valence electrons. The van der Waals surface area contributed by atoms with Gasteiger partial charge in [0.15, 0.2) is 5.78 Å². The number of nitrogens with zero attached hydrogens (tertiary/aromatic N) is 4. The predicted molar refractivity (Wildman–Crippen MR) is 91.0 cm³/mol. The van der Waals surface area contributed by atoms with Crippen molar-refractivity contribution in [3.63, 3.8) is 0 Å². The zero-order valence-electron chi connectivity index (χ0n) is 13.9. The molecule has 0 N–H and O–H groups in total. The minimum absolute atomic E-state index is 0.112. The molecule has 0 unspecified atom stereocenters. The number of ketones is 1. The van der Waals surface area contributed by atoms with E-state index in [2.05, 4.69) is 34.2 Å². The highest BCUT2D eigenvalue weighted by molar-refractivity contribution is 5.91. The van der Waals surface area contributed by atoms with E-state index in [-0.39, 0.29) is 17.9 Å². The maximum Gasteiger partial charge on any atom is 0.157 e. The van der Waals surface area contributed by atoms with E-state index in [1.54, 1.807) is 18.3 Å². The van der Waals surface area contributed by atoms with Crippen LogP contribution < -0.4 is 0 Å². The lowest BCUT2D eigenvalue weighted by atomic mass is 9.70. The molecule has 5 nitrogen and oxygen atoms in total. The number of carbonyl (C=O) groups excluding carboxylic acids is 1. The largest absolute Gasteiger partial charge is 0.362 e. The van der Waals surface area contributed by atoms with E-state index >= 15 is 0 Å². The van der Waals surface area contributed by atoms with Gasteiger partial charge in [0.1, 0.15) is 6.07 Å². The second kappa shape index (κ2) is 5.86. The molecule has 1 aromatic heterocycles. The van der Waals surface area contributed by atoms with E-state index < -0.39 is 5.41 Å². The van der Waals surface area contributed by atoms with Crippen LogP contribution in [0, 0.1) is 22.7 Å². The standard InChI is InChI=1S/C20H18N4O/c21-10-14-6-15(12-23-11-14)20(13-22)8-17-4-5-18(9-20)24(17)16-2-1-3-19(25)7-16/h4-7,11-12,17-18H,1-3,8-9H2/t17-,18+,20-. The molecule has 2 aliphatic heterocycles. The van der Waals surface area contributed by atoms with Crippen LogP contribution in [0.1, 0.15) is 43.2 Å². The lowest BCUT2D eigenvalue weighted by Crippen LogP contribution is -2.49. The lowest BCUT2D eigenvalue weighted by Gasteiger charge is -2.46. The number of hydrogen-bond acceptors (Lipinski definition) is 5. The van der Waals surface area contributed by atoms with Gasteiger partial charge in [-0.15, -0.1) is 0 Å². The average Bonchev–Trinajstić information content (AvgIpc) is 2.92. The summed E-state index contributed by atoms with van der Waals surface area (Å²) in [5.41, 5.74) is 1.76. The molecule has 1 saturated heterocycles. The maximum absolute atomic E-state index is 11.8. The molecule has 3 aliphatic rings. The minimum atomic E-state index is -0.644. The molecular weight excluding hydrogens is 312 g/mol. The number of hydrogen-bond donors (Lipinski definition) is 0. The molecule has 25 heavy (non-hydrogen) atoms. The van der Waals surface area contributed by atoms with Crippen molar-refractivity contribution in [2.45, 2.75) is 49.6 Å². The molecule has 4 rings (SSSR count). The van der Waals surface area contributed by atoms with Crippen LogP contribution in [0.3, 0.4) is 0 Å². The number of aromatic nitrogens is 1. The zero-order chi connectivity index (χ0) is 17.4. The summed E-state index contributed by atoms with van der Waals surface area (Å²) in [6.07, 6.45) is 13.1. The fraction of sp³-hybridized carbons (Fsp3) is 0.400. The SMILES string of the molecule is N#Cc1cncc([C@]2(C#N)C[C@H]3C=C[C@@H](C2)N3C2=CC(=O)CCC2)c1. The Morgan fingerprint density at radius 1 is 1.16 bits per heavy atom. The highest BCUT2D eigenvalue weighted by Crippen LogP contribution is 2.46. The fourth-order valence-corrected chi connectivity index (χ4v) is 4.38. The number of fused-ring (bicyclic) bond motifs is 2. The zero-order valence-corrected chi connectivity index (χ0v) is 13.9. The summed E-state index contributed by atoms with van der Waals surface area (Å²) in [6.45, 7) is 0. The first-order valence-electron chi connectivity index (χ1n) is 8.62. The van der Waals surface area contributed by atoms with E-state index in [1.165, 1.54) is 6.20 Å². The summed E-state index contributed by atoms with van der Waals surface area (Å²) >= 11 is 0. The third-order valence-electron chi connectivity index (χ3n) is 5.53. The third-order valence-corrected chi connectivity index (χ3v) is 5.53. The molecule has 2 bridgehead atoms. The van der Waals surface area contributed by atoms with Gasteiger partial charge < -0.3 is 4.90 Å². The van der Waals surface area contributed by atoms with Gasteiger partial charge in [0.2, 0.25) is 0 Å². The molecule has 0 radical (unpaired) electrons. The summed E-state index contributed by atoms with van der Waals surface area (Å²) in [5.74, 6) is 0.198. The van der Waals surface area contributed by atoms with Gasteiger partial charge in [-0.3, -0.25) is 9.78 Å². The Morgan fingerprint density at radius 3 is 2.56 bits per heavy atom. The van der Waals surface area contributed by atoms with Gasteiger partial charge in [-0.2, -0.15) is 10.5 Å². The molecule has 0 saturated carbocycles. The Labute approximate surface area is 146 Å². The molecule has 0 amide bonds. The van der Waals surface area contributed by atoms with E-state index in [4.69, 9.17) is 5.26 Å². The third kappa shape index (κ3) is 2.53. The molecule has 0 spiro atoms. The number of rotatable bonds is 2. The Hall–Kier alpha value is -2.92. The monoisotopic (exact) mass is 330 g/mol. The predicted octanol–water partition coefficient (Wildman–Crippen LogP) is 2.75. The topological polar surface area (TPSA) is 80.8 Å². The molecule has 0 aromatic carbocycles. The number of allylic oxidation sites excluding steroid dienone is 2. The molecule has 3 heterocycles. The maximum atomic E-state index is 11.8. The molecule has 1 fully saturated rings. The molecule has 1 aromatic rings. The Bertz CT molecular complexity index is 854. The van der Waals surface area contributed by atoms with Crippen LogP contribution in [0.25, 0.3) is 0 Å². The van der Waals surface area contributed by atoms with Crippen molar-refractivity contribution in [3.05, 3.63) is 53.5 Å². The van der Waals surface area contributed by atoms with Crippen molar-refractivity contribution in [1.29, 1.82) is 10.5 Å². The first-order chi connectivity index (χ1) is 12.1. The van der Waals surface area contributed by atoms with Crippen molar-refractivity contribution in [2.75, 3.05) is 0 Å². The summed E-state index contributed by atoms with van der Waals surface area (Å²) < 4.78 is 0. The Balaban J connectivity index is 1.67. The average molecular weight is 330 g/mol.